The molecule has 2 aromatic carbocycles. The number of amides is 1. The van der Waals surface area contributed by atoms with Crippen LogP contribution in [0.15, 0.2) is 47.4 Å². The largest absolute Gasteiger partial charge is 0.324 e. The van der Waals surface area contributed by atoms with Crippen molar-refractivity contribution < 1.29 is 26.4 Å². The maximum Gasteiger partial charge on any atom is 0.246 e. The third kappa shape index (κ3) is 5.14. The van der Waals surface area contributed by atoms with Gasteiger partial charge in [0.05, 0.1) is 5.69 Å². The zero-order valence-corrected chi connectivity index (χ0v) is 16.3. The van der Waals surface area contributed by atoms with Gasteiger partial charge in [-0.1, -0.05) is 12.1 Å². The Morgan fingerprint density at radius 2 is 1.66 bits per heavy atom. The van der Waals surface area contributed by atoms with Crippen LogP contribution in [0.4, 0.5) is 18.9 Å². The van der Waals surface area contributed by atoms with Crippen LogP contribution in [0.2, 0.25) is 0 Å². The first-order chi connectivity index (χ1) is 13.8. The van der Waals surface area contributed by atoms with Gasteiger partial charge in [0, 0.05) is 39.1 Å². The fourth-order valence-corrected chi connectivity index (χ4v) is 4.54. The van der Waals surface area contributed by atoms with Crippen molar-refractivity contribution in [2.75, 3.05) is 38.0 Å². The molecule has 6 nitrogen and oxygen atoms in total. The number of hydrogen-bond acceptors (Lipinski definition) is 4. The molecule has 3 rings (SSSR count). The molecule has 0 radical (unpaired) electrons. The molecule has 1 saturated heterocycles. The number of rotatable bonds is 6. The summed E-state index contributed by atoms with van der Waals surface area (Å²) in [6, 6.07) is 8.16. The highest BCUT2D eigenvalue weighted by molar-refractivity contribution is 7.89. The highest BCUT2D eigenvalue weighted by atomic mass is 32.2. The number of carbonyl (C=O) groups excluding carboxylic acids is 1. The van der Waals surface area contributed by atoms with E-state index in [4.69, 9.17) is 0 Å². The van der Waals surface area contributed by atoms with Gasteiger partial charge < -0.3 is 10.2 Å². The van der Waals surface area contributed by atoms with Gasteiger partial charge in [-0.25, -0.2) is 21.6 Å². The van der Waals surface area contributed by atoms with Crippen LogP contribution in [-0.2, 0) is 14.8 Å². The number of sulfonamides is 1. The van der Waals surface area contributed by atoms with Gasteiger partial charge in [0.25, 0.3) is 0 Å². The zero-order valence-electron chi connectivity index (χ0n) is 15.4. The van der Waals surface area contributed by atoms with Crippen molar-refractivity contribution in [2.45, 2.75) is 11.3 Å². The van der Waals surface area contributed by atoms with E-state index in [1.807, 2.05) is 4.90 Å². The second kappa shape index (κ2) is 8.93. The average Bonchev–Trinajstić information content (AvgIpc) is 2.70. The summed E-state index contributed by atoms with van der Waals surface area (Å²) in [5.74, 6) is -2.71. The van der Waals surface area contributed by atoms with Gasteiger partial charge in [0.15, 0.2) is 0 Å². The molecule has 0 unspecified atom stereocenters. The van der Waals surface area contributed by atoms with E-state index in [1.54, 1.807) is 6.07 Å². The first-order valence-electron chi connectivity index (χ1n) is 8.99. The SMILES string of the molecule is O=C(CCN1CCN(S(=O)(=O)c2cc(F)ccc2F)CC1)Nc1ccccc1F. The van der Waals surface area contributed by atoms with Crippen molar-refractivity contribution in [1.29, 1.82) is 0 Å². The Hall–Kier alpha value is -2.43. The molecule has 0 atom stereocenters. The molecule has 1 N–H and O–H groups in total. The molecular formula is C19H20F3N3O3S. The van der Waals surface area contributed by atoms with Crippen molar-refractivity contribution in [3.05, 3.63) is 59.9 Å². The van der Waals surface area contributed by atoms with Crippen LogP contribution in [0.5, 0.6) is 0 Å². The smallest absolute Gasteiger partial charge is 0.246 e. The van der Waals surface area contributed by atoms with Crippen molar-refractivity contribution in [2.24, 2.45) is 0 Å². The second-order valence-corrected chi connectivity index (χ2v) is 8.50. The fourth-order valence-electron chi connectivity index (χ4n) is 3.04. The Bertz CT molecular complexity index is 993. The normalized spacial score (nSPS) is 16.0. The molecule has 1 aliphatic rings. The summed E-state index contributed by atoms with van der Waals surface area (Å²) in [5.41, 5.74) is 0.102. The van der Waals surface area contributed by atoms with Gasteiger partial charge in [0.2, 0.25) is 15.9 Å². The summed E-state index contributed by atoms with van der Waals surface area (Å²) in [6.45, 7) is 1.22. The Balaban J connectivity index is 1.52. The van der Waals surface area contributed by atoms with Crippen molar-refractivity contribution in [3.8, 4) is 0 Å². The first kappa shape index (κ1) is 21.3. The highest BCUT2D eigenvalue weighted by Gasteiger charge is 2.31. The highest BCUT2D eigenvalue weighted by Crippen LogP contribution is 2.22. The molecule has 2 aromatic rings. The van der Waals surface area contributed by atoms with Gasteiger partial charge in [0.1, 0.15) is 22.3 Å². The number of hydrogen-bond donors (Lipinski definition) is 1. The molecule has 1 heterocycles. The molecule has 0 bridgehead atoms. The van der Waals surface area contributed by atoms with E-state index in [0.717, 1.165) is 16.4 Å². The van der Waals surface area contributed by atoms with E-state index in [1.165, 1.54) is 18.2 Å². The quantitative estimate of drug-likeness (QED) is 0.769. The predicted octanol–water partition coefficient (Wildman–Crippen LogP) is 2.44. The lowest BCUT2D eigenvalue weighted by molar-refractivity contribution is -0.116. The molecule has 0 aromatic heterocycles. The monoisotopic (exact) mass is 427 g/mol. The lowest BCUT2D eigenvalue weighted by Gasteiger charge is -2.33. The standard InChI is InChI=1S/C19H20F3N3O3S/c20-14-5-6-16(22)18(13-14)29(27,28)25-11-9-24(10-12-25)8-7-19(26)23-17-4-2-1-3-15(17)21/h1-6,13H,7-12H2,(H,23,26). The lowest BCUT2D eigenvalue weighted by Crippen LogP contribution is -2.49. The second-order valence-electron chi connectivity index (χ2n) is 6.60. The maximum absolute atomic E-state index is 13.9. The van der Waals surface area contributed by atoms with E-state index in [9.17, 15) is 26.4 Å². The summed E-state index contributed by atoms with van der Waals surface area (Å²) in [7, 11) is -4.14. The minimum atomic E-state index is -4.14. The number of nitrogens with one attached hydrogen (secondary N) is 1. The maximum atomic E-state index is 13.9. The van der Waals surface area contributed by atoms with E-state index < -0.39 is 32.4 Å². The molecule has 1 fully saturated rings. The number of carbonyl (C=O) groups is 1. The van der Waals surface area contributed by atoms with E-state index in [2.05, 4.69) is 5.32 Å². The molecule has 156 valence electrons. The minimum Gasteiger partial charge on any atom is -0.324 e. The van der Waals surface area contributed by atoms with Crippen LogP contribution in [0.1, 0.15) is 6.42 Å². The van der Waals surface area contributed by atoms with Gasteiger partial charge in [-0.3, -0.25) is 4.79 Å². The number of piperazine rings is 1. The average molecular weight is 427 g/mol. The lowest BCUT2D eigenvalue weighted by atomic mass is 10.2. The molecule has 0 spiro atoms. The van der Waals surface area contributed by atoms with Crippen LogP contribution < -0.4 is 5.32 Å². The third-order valence-electron chi connectivity index (χ3n) is 4.65. The summed E-state index contributed by atoms with van der Waals surface area (Å²) >= 11 is 0. The van der Waals surface area contributed by atoms with Gasteiger partial charge in [-0.2, -0.15) is 4.31 Å². The Labute approximate surface area is 167 Å². The molecule has 29 heavy (non-hydrogen) atoms. The summed E-state index contributed by atoms with van der Waals surface area (Å²) in [6.07, 6.45) is 0.111. The van der Waals surface area contributed by atoms with Crippen molar-refractivity contribution in [3.63, 3.8) is 0 Å². The Kier molecular flexibility index (Phi) is 6.56. The van der Waals surface area contributed by atoms with Crippen LogP contribution in [0.25, 0.3) is 0 Å². The van der Waals surface area contributed by atoms with E-state index in [0.29, 0.717) is 25.7 Å². The van der Waals surface area contributed by atoms with Gasteiger partial charge >= 0.3 is 0 Å². The first-order valence-corrected chi connectivity index (χ1v) is 10.4. The van der Waals surface area contributed by atoms with Crippen LogP contribution in [-0.4, -0.2) is 56.3 Å². The van der Waals surface area contributed by atoms with E-state index >= 15 is 0 Å². The number of halogens is 3. The topological polar surface area (TPSA) is 69.7 Å². The third-order valence-corrected chi connectivity index (χ3v) is 6.56. The van der Waals surface area contributed by atoms with Crippen LogP contribution in [0.3, 0.4) is 0 Å². The molecular weight excluding hydrogens is 407 g/mol. The van der Waals surface area contributed by atoms with Crippen molar-refractivity contribution in [1.82, 2.24) is 9.21 Å². The molecule has 1 aliphatic heterocycles. The molecule has 1 amide bonds. The number of nitrogens with zero attached hydrogens (tertiary/aromatic N) is 2. The van der Waals surface area contributed by atoms with Crippen LogP contribution >= 0.6 is 0 Å². The van der Waals surface area contributed by atoms with E-state index in [-0.39, 0.29) is 31.1 Å². The number of anilines is 1. The predicted molar refractivity (Wildman–Crippen MR) is 101 cm³/mol. The zero-order chi connectivity index (χ0) is 21.0. The summed E-state index contributed by atoms with van der Waals surface area (Å²) < 4.78 is 67.0. The fraction of sp³-hybridized carbons (Fsp3) is 0.316. The summed E-state index contributed by atoms with van der Waals surface area (Å²) in [4.78, 5) is 13.2. The molecule has 0 aliphatic carbocycles. The van der Waals surface area contributed by atoms with Crippen molar-refractivity contribution >= 4 is 21.6 Å². The van der Waals surface area contributed by atoms with Crippen LogP contribution in [0, 0.1) is 17.5 Å². The minimum absolute atomic E-state index is 0.0905. The summed E-state index contributed by atoms with van der Waals surface area (Å²) in [5, 5.41) is 2.49. The molecule has 0 saturated carbocycles. The molecule has 10 heteroatoms. The van der Waals surface area contributed by atoms with Gasteiger partial charge in [-0.05, 0) is 30.3 Å². The number of para-hydroxylation sites is 1. The van der Waals surface area contributed by atoms with Gasteiger partial charge in [-0.15, -0.1) is 0 Å². The number of benzene rings is 2. The Morgan fingerprint density at radius 1 is 0.966 bits per heavy atom. The Morgan fingerprint density at radius 3 is 2.34 bits per heavy atom.